The molecule has 0 unspecified atom stereocenters. The number of nitrogens with zero attached hydrogens (tertiary/aromatic N) is 1. The Hall–Kier alpha value is -1.02. The molecule has 16 heavy (non-hydrogen) atoms. The molecule has 0 saturated heterocycles. The van der Waals surface area contributed by atoms with Crippen molar-refractivity contribution >= 4 is 40.0 Å². The highest BCUT2D eigenvalue weighted by atomic mass is 35.5. The van der Waals surface area contributed by atoms with Crippen LogP contribution in [0, 0.1) is 11.3 Å². The molecule has 2 nitrogen and oxygen atoms in total. The molecular weight excluding hydrogens is 260 g/mol. The zero-order valence-electron chi connectivity index (χ0n) is 8.58. The number of thiophene rings is 2. The van der Waals surface area contributed by atoms with Gasteiger partial charge in [-0.2, -0.15) is 5.26 Å². The molecule has 0 bridgehead atoms. The number of hydrogen-bond acceptors (Lipinski definition) is 4. The summed E-state index contributed by atoms with van der Waals surface area (Å²) in [5, 5.41) is 11.6. The fourth-order valence-electron chi connectivity index (χ4n) is 1.55. The van der Waals surface area contributed by atoms with E-state index >= 15 is 0 Å². The average Bonchev–Trinajstić information content (AvgIpc) is 2.82. The minimum Gasteiger partial charge on any atom is -0.397 e. The molecular formula is C11H9ClN2S2. The van der Waals surface area contributed by atoms with Crippen molar-refractivity contribution in [2.75, 3.05) is 5.73 Å². The smallest absolute Gasteiger partial charge is 0.128 e. The Labute approximate surface area is 107 Å². The van der Waals surface area contributed by atoms with Crippen molar-refractivity contribution in [2.24, 2.45) is 0 Å². The topological polar surface area (TPSA) is 49.8 Å². The molecule has 0 aliphatic heterocycles. The molecule has 0 radical (unpaired) electrons. The first kappa shape index (κ1) is 11.5. The van der Waals surface area contributed by atoms with Crippen molar-refractivity contribution in [3.8, 4) is 15.8 Å². The quantitative estimate of drug-likeness (QED) is 0.890. The van der Waals surface area contributed by atoms with Crippen molar-refractivity contribution < 1.29 is 0 Å². The third-order valence-corrected chi connectivity index (χ3v) is 4.98. The largest absolute Gasteiger partial charge is 0.397 e. The van der Waals surface area contributed by atoms with Crippen LogP contribution in [0.2, 0.25) is 5.02 Å². The second-order valence-corrected chi connectivity index (χ2v) is 5.56. The zero-order chi connectivity index (χ0) is 11.7. The van der Waals surface area contributed by atoms with Crippen LogP contribution in [0.25, 0.3) is 9.75 Å². The highest BCUT2D eigenvalue weighted by Gasteiger charge is 2.18. The second-order valence-electron chi connectivity index (χ2n) is 3.22. The second kappa shape index (κ2) is 4.46. The number of nitrogens with two attached hydrogens (primary N) is 1. The van der Waals surface area contributed by atoms with Crippen LogP contribution < -0.4 is 5.73 Å². The van der Waals surface area contributed by atoms with E-state index in [-0.39, 0.29) is 0 Å². The molecule has 0 fully saturated rings. The van der Waals surface area contributed by atoms with Crippen LogP contribution in [0.4, 0.5) is 5.69 Å². The van der Waals surface area contributed by atoms with Gasteiger partial charge in [-0.1, -0.05) is 18.5 Å². The number of halogens is 1. The van der Waals surface area contributed by atoms with E-state index in [0.29, 0.717) is 10.6 Å². The molecule has 2 aromatic rings. The molecule has 0 aliphatic rings. The van der Waals surface area contributed by atoms with Crippen LogP contribution in [0.1, 0.15) is 17.4 Å². The van der Waals surface area contributed by atoms with Gasteiger partial charge >= 0.3 is 0 Å². The molecule has 2 rings (SSSR count). The fourth-order valence-corrected chi connectivity index (χ4v) is 4.06. The summed E-state index contributed by atoms with van der Waals surface area (Å²) in [6, 6.07) is 3.99. The summed E-state index contributed by atoms with van der Waals surface area (Å²) in [4.78, 5) is 2.63. The lowest BCUT2D eigenvalue weighted by Crippen LogP contribution is -1.90. The first-order chi connectivity index (χ1) is 7.69. The third kappa shape index (κ3) is 1.71. The van der Waals surface area contributed by atoms with Gasteiger partial charge in [0.2, 0.25) is 0 Å². The SMILES string of the molecule is CCc1c(-c2sccc2Cl)sc(C#N)c1N. The highest BCUT2D eigenvalue weighted by Crippen LogP contribution is 2.43. The number of hydrogen-bond donors (Lipinski definition) is 1. The molecule has 0 aliphatic carbocycles. The van der Waals surface area contributed by atoms with E-state index in [1.807, 2.05) is 18.4 Å². The Morgan fingerprint density at radius 1 is 1.50 bits per heavy atom. The molecule has 0 spiro atoms. The standard InChI is InChI=1S/C11H9ClN2S2/c1-2-6-9(14)8(5-13)16-10(6)11-7(12)3-4-15-11/h3-4H,2,14H2,1H3. The van der Waals surface area contributed by atoms with Crippen molar-refractivity contribution in [3.63, 3.8) is 0 Å². The van der Waals surface area contributed by atoms with Gasteiger partial charge in [0.1, 0.15) is 10.9 Å². The summed E-state index contributed by atoms with van der Waals surface area (Å²) < 4.78 is 0. The van der Waals surface area contributed by atoms with Crippen LogP contribution in [-0.2, 0) is 6.42 Å². The molecule has 0 aromatic carbocycles. The minimum absolute atomic E-state index is 0.580. The van der Waals surface area contributed by atoms with Gasteiger partial charge < -0.3 is 5.73 Å². The van der Waals surface area contributed by atoms with E-state index in [4.69, 9.17) is 22.6 Å². The summed E-state index contributed by atoms with van der Waals surface area (Å²) in [7, 11) is 0. The van der Waals surface area contributed by atoms with E-state index < -0.39 is 0 Å². The van der Waals surface area contributed by atoms with Crippen LogP contribution in [0.15, 0.2) is 11.4 Å². The Morgan fingerprint density at radius 2 is 2.25 bits per heavy atom. The summed E-state index contributed by atoms with van der Waals surface area (Å²) in [5.41, 5.74) is 7.57. The maximum Gasteiger partial charge on any atom is 0.128 e. The third-order valence-electron chi connectivity index (χ3n) is 2.33. The Bertz CT molecular complexity index is 563. The predicted molar refractivity (Wildman–Crippen MR) is 71.1 cm³/mol. The van der Waals surface area contributed by atoms with Crippen molar-refractivity contribution in [1.82, 2.24) is 0 Å². The van der Waals surface area contributed by atoms with E-state index in [1.165, 1.54) is 11.3 Å². The fraction of sp³-hybridized carbons (Fsp3) is 0.182. The van der Waals surface area contributed by atoms with Gasteiger partial charge in [-0.3, -0.25) is 0 Å². The molecule has 0 amide bonds. The molecule has 2 heterocycles. The first-order valence-corrected chi connectivity index (χ1v) is 6.81. The van der Waals surface area contributed by atoms with Crippen molar-refractivity contribution in [2.45, 2.75) is 13.3 Å². The number of anilines is 1. The summed E-state index contributed by atoms with van der Waals surface area (Å²) >= 11 is 9.10. The molecule has 0 atom stereocenters. The Kier molecular flexibility index (Phi) is 3.20. The lowest BCUT2D eigenvalue weighted by Gasteiger charge is -2.00. The molecule has 0 saturated carbocycles. The van der Waals surface area contributed by atoms with Gasteiger partial charge in [-0.05, 0) is 23.4 Å². The first-order valence-electron chi connectivity index (χ1n) is 4.73. The molecule has 2 aromatic heterocycles. The molecule has 5 heteroatoms. The summed E-state index contributed by atoms with van der Waals surface area (Å²) in [5.74, 6) is 0. The number of rotatable bonds is 2. The maximum absolute atomic E-state index is 8.97. The van der Waals surface area contributed by atoms with Crippen LogP contribution in [0.3, 0.4) is 0 Å². The minimum atomic E-state index is 0.580. The van der Waals surface area contributed by atoms with Gasteiger partial charge in [0.15, 0.2) is 0 Å². The monoisotopic (exact) mass is 268 g/mol. The summed E-state index contributed by atoms with van der Waals surface area (Å²) in [6.45, 7) is 2.03. The van der Waals surface area contributed by atoms with Crippen molar-refractivity contribution in [3.05, 3.63) is 26.9 Å². The summed E-state index contributed by atoms with van der Waals surface area (Å²) in [6.07, 6.45) is 0.813. The molecule has 2 N–H and O–H groups in total. The molecule has 82 valence electrons. The van der Waals surface area contributed by atoms with Gasteiger partial charge in [0, 0.05) is 0 Å². The zero-order valence-corrected chi connectivity index (χ0v) is 11.0. The average molecular weight is 269 g/mol. The van der Waals surface area contributed by atoms with E-state index in [1.54, 1.807) is 11.3 Å². The van der Waals surface area contributed by atoms with E-state index in [9.17, 15) is 0 Å². The van der Waals surface area contributed by atoms with Gasteiger partial charge in [-0.25, -0.2) is 0 Å². The lowest BCUT2D eigenvalue weighted by molar-refractivity contribution is 1.16. The van der Waals surface area contributed by atoms with Crippen LogP contribution in [0.5, 0.6) is 0 Å². The maximum atomic E-state index is 8.97. The Balaban J connectivity index is 2.67. The van der Waals surface area contributed by atoms with Gasteiger partial charge in [-0.15, -0.1) is 22.7 Å². The normalized spacial score (nSPS) is 10.3. The van der Waals surface area contributed by atoms with Gasteiger partial charge in [0.05, 0.1) is 20.5 Å². The van der Waals surface area contributed by atoms with Crippen LogP contribution >= 0.6 is 34.3 Å². The lowest BCUT2D eigenvalue weighted by atomic mass is 10.1. The van der Waals surface area contributed by atoms with Crippen molar-refractivity contribution in [1.29, 1.82) is 5.26 Å². The Morgan fingerprint density at radius 3 is 2.75 bits per heavy atom. The van der Waals surface area contributed by atoms with E-state index in [2.05, 4.69) is 6.07 Å². The van der Waals surface area contributed by atoms with E-state index in [0.717, 1.165) is 26.8 Å². The van der Waals surface area contributed by atoms with Crippen LogP contribution in [-0.4, -0.2) is 0 Å². The number of nitrogen functional groups attached to an aromatic ring is 1. The van der Waals surface area contributed by atoms with Gasteiger partial charge in [0.25, 0.3) is 0 Å². The highest BCUT2D eigenvalue weighted by molar-refractivity contribution is 7.22. The number of nitriles is 1. The predicted octanol–water partition coefficient (Wildman–Crippen LogP) is 4.15.